The van der Waals surface area contributed by atoms with Crippen LogP contribution in [0.5, 0.6) is 11.5 Å². The average molecular weight is 326 g/mol. The maximum absolute atomic E-state index is 12.7. The molecule has 1 aliphatic heterocycles. The molecule has 1 fully saturated rings. The van der Waals surface area contributed by atoms with Crippen LogP contribution < -0.4 is 14.8 Å². The Morgan fingerprint density at radius 1 is 1.12 bits per heavy atom. The summed E-state index contributed by atoms with van der Waals surface area (Å²) in [5.74, 6) is 1.34. The van der Waals surface area contributed by atoms with Crippen LogP contribution >= 0.6 is 0 Å². The van der Waals surface area contributed by atoms with Crippen LogP contribution in [0.2, 0.25) is 0 Å². The molecule has 1 saturated carbocycles. The van der Waals surface area contributed by atoms with Crippen LogP contribution in [0.1, 0.15) is 47.1 Å². The van der Waals surface area contributed by atoms with Gasteiger partial charge in [0.25, 0.3) is 5.91 Å². The van der Waals surface area contributed by atoms with Gasteiger partial charge in [-0.15, -0.1) is 0 Å². The summed E-state index contributed by atoms with van der Waals surface area (Å²) in [6.07, 6.45) is 3.28. The lowest BCUT2D eigenvalue weighted by Gasteiger charge is -2.11. The zero-order chi connectivity index (χ0) is 16.7. The van der Waals surface area contributed by atoms with Crippen molar-refractivity contribution in [2.24, 2.45) is 0 Å². The highest BCUT2D eigenvalue weighted by Gasteiger charge is 2.28. The van der Waals surface area contributed by atoms with Gasteiger partial charge < -0.3 is 19.4 Å². The van der Waals surface area contributed by atoms with E-state index in [0.29, 0.717) is 25.0 Å². The number of carbonyl (C=O) groups is 1. The van der Waals surface area contributed by atoms with E-state index in [9.17, 15) is 4.79 Å². The van der Waals surface area contributed by atoms with Crippen molar-refractivity contribution in [2.45, 2.75) is 39.2 Å². The molecular weight excluding hydrogens is 304 g/mol. The van der Waals surface area contributed by atoms with Crippen molar-refractivity contribution >= 4 is 11.6 Å². The van der Waals surface area contributed by atoms with Gasteiger partial charge in [0.2, 0.25) is 0 Å². The number of anilines is 1. The Balaban J connectivity index is 1.56. The minimum atomic E-state index is -0.0792. The van der Waals surface area contributed by atoms with Crippen LogP contribution in [0.3, 0.4) is 0 Å². The Bertz CT molecular complexity index is 790. The second kappa shape index (κ2) is 5.89. The number of aromatic nitrogens is 1. The topological polar surface area (TPSA) is 52.5 Å². The summed E-state index contributed by atoms with van der Waals surface area (Å²) in [5.41, 5.74) is 3.66. The normalized spacial score (nSPS) is 16.6. The standard InChI is InChI=1S/C19H22N2O3/c1-12-10-16(13(2)21(12)15-5-6-15)19(22)20-14-4-7-17-18(11-14)24-9-3-8-23-17/h4,7,10-11,15H,3,5-6,8-9H2,1-2H3,(H,20,22). The van der Waals surface area contributed by atoms with Crippen molar-refractivity contribution in [3.8, 4) is 11.5 Å². The number of rotatable bonds is 3. The molecule has 2 aliphatic rings. The highest BCUT2D eigenvalue weighted by Crippen LogP contribution is 2.38. The van der Waals surface area contributed by atoms with Gasteiger partial charge in [0.15, 0.2) is 11.5 Å². The molecule has 1 aromatic carbocycles. The summed E-state index contributed by atoms with van der Waals surface area (Å²) >= 11 is 0. The van der Waals surface area contributed by atoms with E-state index < -0.39 is 0 Å². The van der Waals surface area contributed by atoms with E-state index in [1.165, 1.54) is 12.8 Å². The zero-order valence-electron chi connectivity index (χ0n) is 14.1. The Morgan fingerprint density at radius 2 is 1.88 bits per heavy atom. The molecule has 2 heterocycles. The largest absolute Gasteiger partial charge is 0.490 e. The maximum atomic E-state index is 12.7. The van der Waals surface area contributed by atoms with E-state index in [0.717, 1.165) is 34.8 Å². The summed E-state index contributed by atoms with van der Waals surface area (Å²) in [5, 5.41) is 2.98. The number of ether oxygens (including phenoxy) is 2. The SMILES string of the molecule is Cc1cc(C(=O)Nc2ccc3c(c2)OCCCO3)c(C)n1C1CC1. The van der Waals surface area contributed by atoms with Gasteiger partial charge in [0.05, 0.1) is 18.8 Å². The van der Waals surface area contributed by atoms with Gasteiger partial charge in [-0.05, 0) is 44.9 Å². The second-order valence-corrected chi connectivity index (χ2v) is 6.55. The first kappa shape index (κ1) is 15.1. The summed E-state index contributed by atoms with van der Waals surface area (Å²) in [4.78, 5) is 12.7. The van der Waals surface area contributed by atoms with E-state index in [1.54, 1.807) is 0 Å². The molecule has 0 saturated heterocycles. The van der Waals surface area contributed by atoms with Crippen molar-refractivity contribution in [2.75, 3.05) is 18.5 Å². The summed E-state index contributed by atoms with van der Waals surface area (Å²) in [7, 11) is 0. The average Bonchev–Trinajstić information content (AvgIpc) is 3.36. The summed E-state index contributed by atoms with van der Waals surface area (Å²) in [6, 6.07) is 8.09. The number of nitrogens with zero attached hydrogens (tertiary/aromatic N) is 1. The van der Waals surface area contributed by atoms with Crippen LogP contribution in [-0.2, 0) is 0 Å². The number of fused-ring (bicyclic) bond motifs is 1. The van der Waals surface area contributed by atoms with Crippen LogP contribution in [-0.4, -0.2) is 23.7 Å². The Labute approximate surface area is 141 Å². The monoisotopic (exact) mass is 326 g/mol. The quantitative estimate of drug-likeness (QED) is 0.932. The minimum Gasteiger partial charge on any atom is -0.490 e. The first-order valence-electron chi connectivity index (χ1n) is 8.53. The molecule has 24 heavy (non-hydrogen) atoms. The van der Waals surface area contributed by atoms with Gasteiger partial charge in [-0.25, -0.2) is 0 Å². The van der Waals surface area contributed by atoms with Crippen molar-refractivity contribution in [3.63, 3.8) is 0 Å². The molecule has 5 nitrogen and oxygen atoms in total. The molecule has 4 rings (SSSR count). The van der Waals surface area contributed by atoms with Crippen molar-refractivity contribution in [3.05, 3.63) is 41.2 Å². The molecule has 1 aromatic heterocycles. The zero-order valence-corrected chi connectivity index (χ0v) is 14.1. The molecule has 0 atom stereocenters. The smallest absolute Gasteiger partial charge is 0.257 e. The van der Waals surface area contributed by atoms with Gasteiger partial charge in [-0.1, -0.05) is 0 Å². The Morgan fingerprint density at radius 3 is 2.62 bits per heavy atom. The van der Waals surface area contributed by atoms with Gasteiger partial charge in [0, 0.05) is 35.6 Å². The molecule has 126 valence electrons. The van der Waals surface area contributed by atoms with E-state index in [2.05, 4.69) is 16.8 Å². The number of carbonyl (C=O) groups excluding carboxylic acids is 1. The fourth-order valence-corrected chi connectivity index (χ4v) is 3.34. The van der Waals surface area contributed by atoms with E-state index in [1.807, 2.05) is 31.2 Å². The first-order chi connectivity index (χ1) is 11.6. The predicted molar refractivity (Wildman–Crippen MR) is 92.2 cm³/mol. The molecule has 0 radical (unpaired) electrons. The lowest BCUT2D eigenvalue weighted by atomic mass is 10.2. The number of nitrogens with one attached hydrogen (secondary N) is 1. The maximum Gasteiger partial charge on any atom is 0.257 e. The molecule has 1 aliphatic carbocycles. The van der Waals surface area contributed by atoms with Gasteiger partial charge >= 0.3 is 0 Å². The lowest BCUT2D eigenvalue weighted by molar-refractivity contribution is 0.102. The molecular formula is C19H22N2O3. The predicted octanol–water partition coefficient (Wildman–Crippen LogP) is 3.85. The lowest BCUT2D eigenvalue weighted by Crippen LogP contribution is -2.13. The molecule has 0 unspecified atom stereocenters. The Kier molecular flexibility index (Phi) is 3.71. The highest BCUT2D eigenvalue weighted by atomic mass is 16.5. The second-order valence-electron chi connectivity index (χ2n) is 6.55. The minimum absolute atomic E-state index is 0.0792. The van der Waals surface area contributed by atoms with Gasteiger partial charge in [0.1, 0.15) is 0 Å². The summed E-state index contributed by atoms with van der Waals surface area (Å²) < 4.78 is 13.6. The van der Waals surface area contributed by atoms with Crippen LogP contribution in [0.25, 0.3) is 0 Å². The third-order valence-electron chi connectivity index (χ3n) is 4.65. The molecule has 5 heteroatoms. The van der Waals surface area contributed by atoms with Crippen LogP contribution in [0, 0.1) is 13.8 Å². The van der Waals surface area contributed by atoms with E-state index in [-0.39, 0.29) is 5.91 Å². The van der Waals surface area contributed by atoms with Crippen LogP contribution in [0.4, 0.5) is 5.69 Å². The van der Waals surface area contributed by atoms with Gasteiger partial charge in [-0.3, -0.25) is 4.79 Å². The number of hydrogen-bond acceptors (Lipinski definition) is 3. The molecule has 1 N–H and O–H groups in total. The molecule has 2 aromatic rings. The molecule has 1 amide bonds. The number of benzene rings is 1. The summed E-state index contributed by atoms with van der Waals surface area (Å²) in [6.45, 7) is 5.38. The van der Waals surface area contributed by atoms with Crippen molar-refractivity contribution < 1.29 is 14.3 Å². The van der Waals surface area contributed by atoms with E-state index in [4.69, 9.17) is 9.47 Å². The van der Waals surface area contributed by atoms with Crippen molar-refractivity contribution in [1.82, 2.24) is 4.57 Å². The van der Waals surface area contributed by atoms with E-state index >= 15 is 0 Å². The third-order valence-corrected chi connectivity index (χ3v) is 4.65. The first-order valence-corrected chi connectivity index (χ1v) is 8.53. The molecule has 0 spiro atoms. The fourth-order valence-electron chi connectivity index (χ4n) is 3.34. The fraction of sp³-hybridized carbons (Fsp3) is 0.421. The highest BCUT2D eigenvalue weighted by molar-refractivity contribution is 6.05. The van der Waals surface area contributed by atoms with Gasteiger partial charge in [-0.2, -0.15) is 0 Å². The van der Waals surface area contributed by atoms with Crippen LogP contribution in [0.15, 0.2) is 24.3 Å². The number of hydrogen-bond donors (Lipinski definition) is 1. The Hall–Kier alpha value is -2.43. The third kappa shape index (κ3) is 2.75. The molecule has 0 bridgehead atoms. The number of amides is 1. The number of aryl methyl sites for hydroxylation is 1. The van der Waals surface area contributed by atoms with Crippen molar-refractivity contribution in [1.29, 1.82) is 0 Å².